The maximum absolute atomic E-state index is 12.7. The number of sulfonamides is 1. The molecule has 0 aliphatic rings. The van der Waals surface area contributed by atoms with Gasteiger partial charge in [0.2, 0.25) is 10.0 Å². The van der Waals surface area contributed by atoms with Crippen LogP contribution in [0.3, 0.4) is 0 Å². The number of nitrogens with zero attached hydrogens (tertiary/aromatic N) is 2. The van der Waals surface area contributed by atoms with Crippen molar-refractivity contribution in [3.05, 3.63) is 28.7 Å². The molecule has 0 unspecified atom stereocenters. The van der Waals surface area contributed by atoms with E-state index >= 15 is 0 Å². The summed E-state index contributed by atoms with van der Waals surface area (Å²) in [7, 11) is -0.441. The maximum Gasteiger partial charge on any atom is 0.328 e. The van der Waals surface area contributed by atoms with Gasteiger partial charge in [-0.25, -0.2) is 17.9 Å². The molecule has 8 heteroatoms. The van der Waals surface area contributed by atoms with Crippen molar-refractivity contribution in [3.8, 4) is 0 Å². The van der Waals surface area contributed by atoms with E-state index in [1.54, 1.807) is 20.2 Å². The highest BCUT2D eigenvalue weighted by atomic mass is 32.2. The van der Waals surface area contributed by atoms with Gasteiger partial charge in [0.05, 0.1) is 15.9 Å². The number of aryl methyl sites for hydroxylation is 2. The molecule has 128 valence electrons. The Balaban J connectivity index is 2.55. The summed E-state index contributed by atoms with van der Waals surface area (Å²) in [6.07, 6.45) is 1.20. The van der Waals surface area contributed by atoms with Gasteiger partial charge >= 0.3 is 5.69 Å². The molecule has 0 radical (unpaired) electrons. The summed E-state index contributed by atoms with van der Waals surface area (Å²) in [5, 5.41) is 0. The molecule has 0 amide bonds. The topological polar surface area (TPSA) is 99.1 Å². The molecule has 7 nitrogen and oxygen atoms in total. The van der Waals surface area contributed by atoms with Crippen LogP contribution in [0.15, 0.2) is 27.9 Å². The number of hydrogen-bond acceptors (Lipinski definition) is 4. The zero-order valence-corrected chi connectivity index (χ0v) is 14.8. The fraction of sp³-hybridized carbons (Fsp3) is 0.533. The molecule has 0 bridgehead atoms. The molecular weight excluding hydrogens is 316 g/mol. The SMILES string of the molecule is CCC(CC)(CN)NS(=O)(=O)c1ccc2c(c1)n(C)c(=O)n2C. The van der Waals surface area contributed by atoms with Gasteiger partial charge < -0.3 is 5.73 Å². The minimum atomic E-state index is -3.72. The Kier molecular flexibility index (Phi) is 4.70. The van der Waals surface area contributed by atoms with Gasteiger partial charge in [0.25, 0.3) is 0 Å². The number of hydrogen-bond donors (Lipinski definition) is 2. The van der Waals surface area contributed by atoms with E-state index in [-0.39, 0.29) is 17.1 Å². The molecule has 0 aliphatic carbocycles. The van der Waals surface area contributed by atoms with Gasteiger partial charge in [-0.05, 0) is 31.0 Å². The second-order valence-corrected chi connectivity index (χ2v) is 7.53. The average molecular weight is 340 g/mol. The van der Waals surface area contributed by atoms with E-state index in [4.69, 9.17) is 5.73 Å². The molecule has 2 rings (SSSR count). The molecule has 2 aromatic rings. The van der Waals surface area contributed by atoms with Gasteiger partial charge in [-0.1, -0.05) is 13.8 Å². The number of benzene rings is 1. The minimum absolute atomic E-state index is 0.130. The van der Waals surface area contributed by atoms with E-state index in [1.165, 1.54) is 21.3 Å². The van der Waals surface area contributed by atoms with E-state index in [2.05, 4.69) is 4.72 Å². The van der Waals surface area contributed by atoms with E-state index in [1.807, 2.05) is 13.8 Å². The summed E-state index contributed by atoms with van der Waals surface area (Å²) >= 11 is 0. The quantitative estimate of drug-likeness (QED) is 0.807. The number of nitrogens with one attached hydrogen (secondary N) is 1. The highest BCUT2D eigenvalue weighted by Crippen LogP contribution is 2.21. The van der Waals surface area contributed by atoms with Crippen molar-refractivity contribution in [1.82, 2.24) is 13.9 Å². The Labute approximate surface area is 136 Å². The average Bonchev–Trinajstić information content (AvgIpc) is 2.77. The van der Waals surface area contributed by atoms with Crippen LogP contribution in [0.5, 0.6) is 0 Å². The Bertz CT molecular complexity index is 868. The number of rotatable bonds is 6. The van der Waals surface area contributed by atoms with E-state index in [0.717, 1.165) is 0 Å². The predicted molar refractivity (Wildman–Crippen MR) is 90.8 cm³/mol. The second kappa shape index (κ2) is 6.10. The molecule has 23 heavy (non-hydrogen) atoms. The number of nitrogens with two attached hydrogens (primary N) is 1. The monoisotopic (exact) mass is 340 g/mol. The zero-order valence-electron chi connectivity index (χ0n) is 14.0. The Morgan fingerprint density at radius 3 is 2.22 bits per heavy atom. The molecule has 0 aliphatic heterocycles. The summed E-state index contributed by atoms with van der Waals surface area (Å²) in [5.41, 5.74) is 6.19. The first-order chi connectivity index (χ1) is 10.7. The van der Waals surface area contributed by atoms with Crippen LogP contribution in [-0.2, 0) is 24.1 Å². The minimum Gasteiger partial charge on any atom is -0.329 e. The normalized spacial score (nSPS) is 12.9. The number of fused-ring (bicyclic) bond motifs is 1. The first-order valence-corrected chi connectivity index (χ1v) is 9.09. The molecule has 0 saturated heterocycles. The summed E-state index contributed by atoms with van der Waals surface area (Å²) in [6.45, 7) is 4.04. The zero-order chi connectivity index (χ0) is 17.4. The molecule has 1 aromatic heterocycles. The second-order valence-electron chi connectivity index (χ2n) is 5.85. The van der Waals surface area contributed by atoms with Gasteiger partial charge in [-0.2, -0.15) is 0 Å². The largest absolute Gasteiger partial charge is 0.329 e. The van der Waals surface area contributed by atoms with Gasteiger partial charge in [0.1, 0.15) is 0 Å². The molecule has 0 fully saturated rings. The predicted octanol–water partition coefficient (Wildman–Crippen LogP) is 0.673. The van der Waals surface area contributed by atoms with Crippen LogP contribution in [0.25, 0.3) is 11.0 Å². The molecule has 1 aromatic carbocycles. The summed E-state index contributed by atoms with van der Waals surface area (Å²) in [6, 6.07) is 4.68. The van der Waals surface area contributed by atoms with E-state index < -0.39 is 15.6 Å². The third kappa shape index (κ3) is 2.93. The van der Waals surface area contributed by atoms with Crippen molar-refractivity contribution in [2.75, 3.05) is 6.54 Å². The highest BCUT2D eigenvalue weighted by Gasteiger charge is 2.31. The van der Waals surface area contributed by atoms with Crippen LogP contribution in [0.2, 0.25) is 0 Å². The van der Waals surface area contributed by atoms with E-state index in [9.17, 15) is 13.2 Å². The van der Waals surface area contributed by atoms with Crippen LogP contribution >= 0.6 is 0 Å². The van der Waals surface area contributed by atoms with Crippen LogP contribution < -0.4 is 16.1 Å². The summed E-state index contributed by atoms with van der Waals surface area (Å²) < 4.78 is 31.1. The third-order valence-corrected chi connectivity index (χ3v) is 6.23. The summed E-state index contributed by atoms with van der Waals surface area (Å²) in [4.78, 5) is 12.1. The standard InChI is InChI=1S/C15H24N4O3S/c1-5-15(6-2,10-16)17-23(21,22)11-7-8-12-13(9-11)19(4)14(20)18(12)3/h7-9,17H,5-6,10,16H2,1-4H3. The first-order valence-electron chi connectivity index (χ1n) is 7.61. The lowest BCUT2D eigenvalue weighted by molar-refractivity contribution is 0.363. The number of aromatic nitrogens is 2. The smallest absolute Gasteiger partial charge is 0.328 e. The molecule has 1 heterocycles. The van der Waals surface area contributed by atoms with Crippen LogP contribution in [-0.4, -0.2) is 29.6 Å². The Hall–Kier alpha value is -1.64. The van der Waals surface area contributed by atoms with Crippen molar-refractivity contribution in [2.24, 2.45) is 19.8 Å². The Morgan fingerprint density at radius 2 is 1.70 bits per heavy atom. The van der Waals surface area contributed by atoms with Gasteiger partial charge in [-0.15, -0.1) is 0 Å². The van der Waals surface area contributed by atoms with Gasteiger partial charge in [-0.3, -0.25) is 9.13 Å². The lowest BCUT2D eigenvalue weighted by atomic mass is 9.95. The molecular formula is C15H24N4O3S. The van der Waals surface area contributed by atoms with Crippen molar-refractivity contribution in [2.45, 2.75) is 37.1 Å². The van der Waals surface area contributed by atoms with Crippen LogP contribution in [0.1, 0.15) is 26.7 Å². The van der Waals surface area contributed by atoms with Crippen molar-refractivity contribution < 1.29 is 8.42 Å². The van der Waals surface area contributed by atoms with Gasteiger partial charge in [0.15, 0.2) is 0 Å². The lowest BCUT2D eigenvalue weighted by Gasteiger charge is -2.31. The highest BCUT2D eigenvalue weighted by molar-refractivity contribution is 7.89. The molecule has 0 saturated carbocycles. The Morgan fingerprint density at radius 1 is 1.13 bits per heavy atom. The first kappa shape index (κ1) is 17.7. The fourth-order valence-corrected chi connectivity index (χ4v) is 4.30. The summed E-state index contributed by atoms with van der Waals surface area (Å²) in [5.74, 6) is 0. The van der Waals surface area contributed by atoms with Gasteiger partial charge in [0, 0.05) is 26.2 Å². The molecule has 3 N–H and O–H groups in total. The van der Waals surface area contributed by atoms with Crippen molar-refractivity contribution in [3.63, 3.8) is 0 Å². The maximum atomic E-state index is 12.7. The van der Waals surface area contributed by atoms with E-state index in [0.29, 0.717) is 23.9 Å². The van der Waals surface area contributed by atoms with Crippen LogP contribution in [0.4, 0.5) is 0 Å². The molecule has 0 spiro atoms. The fourth-order valence-electron chi connectivity index (χ4n) is 2.72. The third-order valence-electron chi connectivity index (χ3n) is 4.65. The van der Waals surface area contributed by atoms with Crippen LogP contribution in [0, 0.1) is 0 Å². The number of imidazole rings is 1. The van der Waals surface area contributed by atoms with Crippen molar-refractivity contribution >= 4 is 21.1 Å². The molecule has 0 atom stereocenters. The lowest BCUT2D eigenvalue weighted by Crippen LogP contribution is -2.52. The van der Waals surface area contributed by atoms with Crippen molar-refractivity contribution in [1.29, 1.82) is 0 Å².